The van der Waals surface area contributed by atoms with Crippen LogP contribution in [0.2, 0.25) is 0 Å². The first-order valence-electron chi connectivity index (χ1n) is 14.0. The van der Waals surface area contributed by atoms with Gasteiger partial charge < -0.3 is 7.10 Å². The number of rotatable bonds is 0. The molecule has 46 heavy (non-hydrogen) atoms. The molecule has 0 atom stereocenters. The number of halogens is 5. The molecule has 10 rings (SSSR count). The van der Waals surface area contributed by atoms with Gasteiger partial charge in [0.15, 0.2) is 23.3 Å². The van der Waals surface area contributed by atoms with Gasteiger partial charge in [-0.15, -0.1) is 0 Å². The van der Waals surface area contributed by atoms with Crippen LogP contribution in [0.4, 0.5) is 29.2 Å². The topological polar surface area (TPSA) is 84.0 Å². The predicted molar refractivity (Wildman–Crippen MR) is 167 cm³/mol. The molecule has 0 saturated carbocycles. The lowest BCUT2D eigenvalue weighted by Gasteiger charge is -2.15. The Morgan fingerprint density at radius 1 is 0.435 bits per heavy atom. The standard InChI is InChI=1S/C32H12F4N8.Al.ClH/c33-13-1-5-17-21(9-13)29-37-25(17)41-30-22-10-14(34)2-6-18(22)27(38-30)43-32-24-12-16(36)4-8-20(24)28(40-32)44-31-23-11-15(35)3-7-19(23)26(39-31)42-29;;/h1-12H;;1H/q-2;+3;/p-1. The number of hydrogen-bond acceptors (Lipinski definition) is 6. The van der Waals surface area contributed by atoms with Gasteiger partial charge in [0.1, 0.15) is 45.9 Å². The van der Waals surface area contributed by atoms with Crippen molar-refractivity contribution >= 4 is 80.2 Å². The van der Waals surface area contributed by atoms with Crippen molar-refractivity contribution in [2.24, 2.45) is 30.0 Å². The zero-order valence-electron chi connectivity index (χ0n) is 23.0. The molecule has 0 aliphatic carbocycles. The van der Waals surface area contributed by atoms with Crippen molar-refractivity contribution in [3.05, 3.63) is 129 Å². The maximum atomic E-state index is 14.9. The summed E-state index contributed by atoms with van der Waals surface area (Å²) in [6.45, 7) is 0. The molecule has 2 aromatic heterocycles. The maximum Gasteiger partial charge on any atom is 0.722 e. The van der Waals surface area contributed by atoms with E-state index in [-0.39, 0.29) is 34.6 Å². The molecule has 0 fully saturated rings. The van der Waals surface area contributed by atoms with E-state index in [1.54, 1.807) is 31.4 Å². The van der Waals surface area contributed by atoms with Crippen molar-refractivity contribution in [2.75, 3.05) is 0 Å². The highest BCUT2D eigenvalue weighted by Gasteiger charge is 2.38. The second-order valence-electron chi connectivity index (χ2n) is 11.1. The largest absolute Gasteiger partial charge is 0.722 e. The van der Waals surface area contributed by atoms with E-state index in [1.165, 1.54) is 48.5 Å². The first-order chi connectivity index (χ1) is 22.3. The molecular formula is C32H12AlClF4N8. The van der Waals surface area contributed by atoms with Crippen LogP contribution < -0.4 is 11.0 Å². The minimum atomic E-state index is -3.16. The lowest BCUT2D eigenvalue weighted by molar-refractivity contribution is 0.627. The van der Waals surface area contributed by atoms with Crippen molar-refractivity contribution in [3.63, 3.8) is 0 Å². The number of aromatic nitrogens is 2. The predicted octanol–water partition coefficient (Wildman–Crippen LogP) is 5.72. The smallest absolute Gasteiger partial charge is 0.370 e. The van der Waals surface area contributed by atoms with Gasteiger partial charge >= 0.3 is 13.7 Å². The Balaban J connectivity index is 1.49. The van der Waals surface area contributed by atoms with Crippen LogP contribution in [0.1, 0.15) is 22.3 Å². The fourth-order valence-corrected chi connectivity index (χ4v) is 9.40. The third kappa shape index (κ3) is 3.44. The van der Waals surface area contributed by atoms with Crippen LogP contribution in [0.15, 0.2) is 103 Å². The van der Waals surface area contributed by atoms with Gasteiger partial charge in [-0.1, -0.05) is 0 Å². The quantitative estimate of drug-likeness (QED) is 0.150. The molecule has 0 unspecified atom stereocenters. The minimum absolute atomic E-state index is 0.171. The molecule has 4 aliphatic heterocycles. The Hall–Kier alpha value is -5.22. The van der Waals surface area contributed by atoms with Crippen LogP contribution in [-0.2, 0) is 0 Å². The lowest BCUT2D eigenvalue weighted by atomic mass is 10.1. The third-order valence-electron chi connectivity index (χ3n) is 8.46. The lowest BCUT2D eigenvalue weighted by Crippen LogP contribution is -2.43. The molecule has 0 radical (unpaired) electrons. The zero-order chi connectivity index (χ0) is 31.0. The van der Waals surface area contributed by atoms with Crippen molar-refractivity contribution in [1.82, 2.24) is 7.10 Å². The molecule has 218 valence electrons. The molecule has 0 spiro atoms. The highest BCUT2D eigenvalue weighted by molar-refractivity contribution is 7.05. The zero-order valence-corrected chi connectivity index (χ0v) is 24.9. The number of benzene rings is 4. The van der Waals surface area contributed by atoms with Gasteiger partial charge in [-0.25, -0.2) is 47.5 Å². The van der Waals surface area contributed by atoms with Gasteiger partial charge in [-0.3, -0.25) is 0 Å². The molecule has 0 N–H and O–H groups in total. The Kier molecular flexibility index (Phi) is 5.07. The SMILES string of the molecule is Fc1ccc2c(c1)C1=NC2=Nc2c3cc(F)ccc3c3[n]2[Al]([Cl])[n]2c(c4ccc(F)cc4c2=NC2=NC(=N3)c3cc(F)ccc32)=N1. The van der Waals surface area contributed by atoms with E-state index >= 15 is 0 Å². The van der Waals surface area contributed by atoms with Crippen molar-refractivity contribution in [2.45, 2.75) is 0 Å². The fraction of sp³-hybridized carbons (Fsp3) is 0. The molecule has 6 bridgehead atoms. The normalized spacial score (nSPS) is 15.5. The van der Waals surface area contributed by atoms with E-state index < -0.39 is 36.9 Å². The summed E-state index contributed by atoms with van der Waals surface area (Å²) >= 11 is -3.16. The summed E-state index contributed by atoms with van der Waals surface area (Å²) in [7, 11) is 7.58. The van der Waals surface area contributed by atoms with E-state index in [1.807, 2.05) is 0 Å². The number of amidine groups is 4. The number of aliphatic imine (C=N–C) groups is 4. The molecule has 0 amide bonds. The van der Waals surface area contributed by atoms with Gasteiger partial charge in [0, 0.05) is 43.8 Å². The third-order valence-corrected chi connectivity index (χ3v) is 11.5. The summed E-state index contributed by atoms with van der Waals surface area (Å²) in [5.41, 5.74) is 2.37. The Morgan fingerprint density at radius 3 is 1.54 bits per heavy atom. The van der Waals surface area contributed by atoms with E-state index in [4.69, 9.17) is 40.0 Å². The maximum absolute atomic E-state index is 14.9. The summed E-state index contributed by atoms with van der Waals surface area (Å²) < 4.78 is 62.5. The van der Waals surface area contributed by atoms with E-state index in [9.17, 15) is 17.6 Å². The van der Waals surface area contributed by atoms with E-state index in [2.05, 4.69) is 0 Å². The molecule has 14 heteroatoms. The van der Waals surface area contributed by atoms with E-state index in [0.717, 1.165) is 0 Å². The van der Waals surface area contributed by atoms with Crippen molar-refractivity contribution < 1.29 is 17.6 Å². The van der Waals surface area contributed by atoms with Gasteiger partial charge in [0.2, 0.25) is 0 Å². The van der Waals surface area contributed by atoms with E-state index in [0.29, 0.717) is 55.1 Å². The summed E-state index contributed by atoms with van der Waals surface area (Å²) in [5, 5.41) is 1.79. The molecule has 4 aliphatic rings. The average molecular weight is 647 g/mol. The highest BCUT2D eigenvalue weighted by atomic mass is 35.6. The number of fused-ring (bicyclic) bond motifs is 14. The van der Waals surface area contributed by atoms with Crippen LogP contribution in [-0.4, -0.2) is 44.1 Å². The fourth-order valence-electron chi connectivity index (χ4n) is 6.46. The summed E-state index contributed by atoms with van der Waals surface area (Å²) in [6, 6.07) is 16.8. The molecular weight excluding hydrogens is 635 g/mol. The van der Waals surface area contributed by atoms with Gasteiger partial charge in [0.25, 0.3) is 0 Å². The highest BCUT2D eigenvalue weighted by Crippen LogP contribution is 2.42. The average Bonchev–Trinajstić information content (AvgIpc) is 3.72. The molecule has 8 nitrogen and oxygen atoms in total. The van der Waals surface area contributed by atoms with Crippen molar-refractivity contribution in [3.8, 4) is 0 Å². The number of nitrogens with zero attached hydrogens (tertiary/aromatic N) is 8. The van der Waals surface area contributed by atoms with Crippen LogP contribution in [0, 0.1) is 23.3 Å². The molecule has 6 aromatic rings. The monoisotopic (exact) mass is 646 g/mol. The second kappa shape index (κ2) is 8.95. The number of hydrogen-bond donors (Lipinski definition) is 0. The van der Waals surface area contributed by atoms with Crippen LogP contribution in [0.25, 0.3) is 21.5 Å². The van der Waals surface area contributed by atoms with Crippen molar-refractivity contribution in [1.29, 1.82) is 0 Å². The first-order valence-corrected chi connectivity index (χ1v) is 16.8. The summed E-state index contributed by atoms with van der Waals surface area (Å²) in [5.74, 6) is -0.692. The summed E-state index contributed by atoms with van der Waals surface area (Å²) in [6.07, 6.45) is 0. The second-order valence-corrected chi connectivity index (χ2v) is 13.9. The Bertz CT molecular complexity index is 2720. The Morgan fingerprint density at radius 2 is 0.891 bits per heavy atom. The Labute approximate surface area is 263 Å². The van der Waals surface area contributed by atoms with Crippen LogP contribution >= 0.6 is 10.0 Å². The van der Waals surface area contributed by atoms with Gasteiger partial charge in [-0.05, 0) is 72.8 Å². The molecule has 4 aromatic carbocycles. The molecule has 0 saturated heterocycles. The summed E-state index contributed by atoms with van der Waals surface area (Å²) in [4.78, 5) is 29.1. The van der Waals surface area contributed by atoms with Gasteiger partial charge in [0.05, 0.1) is 0 Å². The van der Waals surface area contributed by atoms with Crippen LogP contribution in [0.5, 0.6) is 0 Å². The van der Waals surface area contributed by atoms with Crippen LogP contribution in [0.3, 0.4) is 0 Å². The first kappa shape index (κ1) is 26.0. The minimum Gasteiger partial charge on any atom is -0.370 e. The van der Waals surface area contributed by atoms with Gasteiger partial charge in [-0.2, -0.15) is 10.0 Å². The molecule has 6 heterocycles.